The van der Waals surface area contributed by atoms with Crippen molar-refractivity contribution >= 4 is 22.4 Å². The number of aromatic nitrogens is 3. The fourth-order valence-electron chi connectivity index (χ4n) is 3.14. The molecular weight excluding hydrogens is 326 g/mol. The fourth-order valence-corrected chi connectivity index (χ4v) is 3.67. The molecule has 0 spiro atoms. The first-order valence-corrected chi connectivity index (χ1v) is 9.36. The van der Waals surface area contributed by atoms with Gasteiger partial charge in [-0.1, -0.05) is 5.16 Å². The zero-order valence-electron chi connectivity index (χ0n) is 13.6. The van der Waals surface area contributed by atoms with Crippen LogP contribution in [0.1, 0.15) is 56.2 Å². The minimum absolute atomic E-state index is 0.0163. The molecule has 1 saturated carbocycles. The van der Waals surface area contributed by atoms with Gasteiger partial charge in [-0.25, -0.2) is 4.98 Å². The molecule has 1 saturated heterocycles. The molecule has 0 unspecified atom stereocenters. The van der Waals surface area contributed by atoms with Crippen LogP contribution < -0.4 is 5.32 Å². The van der Waals surface area contributed by atoms with Crippen LogP contribution in [0.3, 0.4) is 0 Å². The number of rotatable bonds is 5. The zero-order valence-corrected chi connectivity index (χ0v) is 14.5. The molecule has 0 bridgehead atoms. The number of amides is 1. The predicted octanol–water partition coefficient (Wildman–Crippen LogP) is 2.61. The molecule has 1 amide bonds. The van der Waals surface area contributed by atoms with Gasteiger partial charge in [-0.05, 0) is 39.2 Å². The number of hydrogen-bond acceptors (Lipinski definition) is 7. The number of thiazole rings is 1. The molecule has 1 aliphatic carbocycles. The van der Waals surface area contributed by atoms with Crippen molar-refractivity contribution in [1.29, 1.82) is 0 Å². The van der Waals surface area contributed by atoms with Gasteiger partial charge >= 0.3 is 0 Å². The Morgan fingerprint density at radius 2 is 2.29 bits per heavy atom. The van der Waals surface area contributed by atoms with Crippen molar-refractivity contribution in [2.24, 2.45) is 0 Å². The summed E-state index contributed by atoms with van der Waals surface area (Å²) in [5.41, 5.74) is 0. The van der Waals surface area contributed by atoms with Gasteiger partial charge < -0.3 is 9.84 Å². The third-order valence-corrected chi connectivity index (χ3v) is 5.48. The normalized spacial score (nSPS) is 23.1. The molecule has 2 aromatic heterocycles. The Morgan fingerprint density at radius 3 is 3.04 bits per heavy atom. The van der Waals surface area contributed by atoms with Crippen LogP contribution in [0.4, 0.5) is 5.13 Å². The number of hydrogen-bond donors (Lipinski definition) is 1. The first-order valence-electron chi connectivity index (χ1n) is 8.48. The number of nitrogens with one attached hydrogen (secondary N) is 1. The average Bonchev–Trinajstić information content (AvgIpc) is 3.11. The summed E-state index contributed by atoms with van der Waals surface area (Å²) in [7, 11) is 0. The lowest BCUT2D eigenvalue weighted by atomic mass is 9.96. The monoisotopic (exact) mass is 347 g/mol. The molecule has 2 aliphatic rings. The van der Waals surface area contributed by atoms with Gasteiger partial charge in [0.25, 0.3) is 0 Å². The number of carbonyl (C=O) groups is 1. The van der Waals surface area contributed by atoms with Crippen LogP contribution in [0.2, 0.25) is 0 Å². The van der Waals surface area contributed by atoms with Crippen molar-refractivity contribution in [1.82, 2.24) is 20.0 Å². The molecule has 3 heterocycles. The Labute approximate surface area is 144 Å². The Bertz CT molecular complexity index is 697. The van der Waals surface area contributed by atoms with Gasteiger partial charge in [0.1, 0.15) is 0 Å². The highest BCUT2D eigenvalue weighted by Crippen LogP contribution is 2.39. The van der Waals surface area contributed by atoms with Crippen molar-refractivity contribution in [3.63, 3.8) is 0 Å². The summed E-state index contributed by atoms with van der Waals surface area (Å²) in [4.78, 5) is 23.3. The third kappa shape index (κ3) is 3.34. The first-order chi connectivity index (χ1) is 11.7. The lowest BCUT2D eigenvalue weighted by Gasteiger charge is -2.34. The summed E-state index contributed by atoms with van der Waals surface area (Å²) in [6.07, 6.45) is 6.09. The molecule has 24 heavy (non-hydrogen) atoms. The molecule has 0 radical (unpaired) electrons. The molecule has 1 aliphatic heterocycles. The minimum Gasteiger partial charge on any atom is -0.339 e. The molecule has 2 atom stereocenters. The molecule has 4 rings (SSSR count). The minimum atomic E-state index is -0.202. The second-order valence-corrected chi connectivity index (χ2v) is 7.50. The molecule has 2 aromatic rings. The highest BCUT2D eigenvalue weighted by Gasteiger charge is 2.33. The topological polar surface area (TPSA) is 84.2 Å². The smallest absolute Gasteiger partial charge is 0.243 e. The zero-order chi connectivity index (χ0) is 16.5. The van der Waals surface area contributed by atoms with E-state index in [0.29, 0.717) is 11.0 Å². The van der Waals surface area contributed by atoms with Crippen molar-refractivity contribution in [2.75, 3.05) is 18.4 Å². The summed E-state index contributed by atoms with van der Waals surface area (Å²) < 4.78 is 5.39. The highest BCUT2D eigenvalue weighted by atomic mass is 32.1. The number of piperidine rings is 1. The maximum Gasteiger partial charge on any atom is 0.243 e. The average molecular weight is 347 g/mol. The highest BCUT2D eigenvalue weighted by molar-refractivity contribution is 7.13. The van der Waals surface area contributed by atoms with E-state index >= 15 is 0 Å². The molecular formula is C16H21N5O2S. The van der Waals surface area contributed by atoms with E-state index in [1.807, 2.05) is 12.3 Å². The van der Waals surface area contributed by atoms with Crippen molar-refractivity contribution < 1.29 is 9.32 Å². The van der Waals surface area contributed by atoms with Gasteiger partial charge in [-0.2, -0.15) is 4.98 Å². The van der Waals surface area contributed by atoms with E-state index in [2.05, 4.69) is 25.3 Å². The Balaban J connectivity index is 1.38. The standard InChI is InChI=1S/C16H21N5O2S/c1-10(14(22)19-16-17-6-8-24-16)21-7-2-3-12(9-21)13-18-15(23-20-13)11-4-5-11/h6,8,10-12H,2-5,7,9H2,1H3,(H,17,19,22)/t10-,12-/m1/s1. The molecule has 8 heteroatoms. The van der Waals surface area contributed by atoms with Gasteiger partial charge in [0, 0.05) is 30.0 Å². The van der Waals surface area contributed by atoms with Crippen molar-refractivity contribution in [3.8, 4) is 0 Å². The van der Waals surface area contributed by atoms with Gasteiger partial charge in [-0.3, -0.25) is 9.69 Å². The first kappa shape index (κ1) is 15.7. The molecule has 0 aromatic carbocycles. The summed E-state index contributed by atoms with van der Waals surface area (Å²) in [5.74, 6) is 2.29. The number of carbonyl (C=O) groups excluding carboxylic acids is 1. The van der Waals surface area contributed by atoms with E-state index in [0.717, 1.165) is 50.5 Å². The fraction of sp³-hybridized carbons (Fsp3) is 0.625. The van der Waals surface area contributed by atoms with E-state index < -0.39 is 0 Å². The maximum atomic E-state index is 12.4. The summed E-state index contributed by atoms with van der Waals surface area (Å²) in [6, 6.07) is -0.202. The quantitative estimate of drug-likeness (QED) is 0.895. The third-order valence-electron chi connectivity index (χ3n) is 4.79. The van der Waals surface area contributed by atoms with Gasteiger partial charge in [0.15, 0.2) is 11.0 Å². The Hall–Kier alpha value is -1.80. The van der Waals surface area contributed by atoms with E-state index in [1.165, 1.54) is 11.3 Å². The molecule has 7 nitrogen and oxygen atoms in total. The Morgan fingerprint density at radius 1 is 1.42 bits per heavy atom. The number of nitrogens with zero attached hydrogens (tertiary/aromatic N) is 4. The second-order valence-electron chi connectivity index (χ2n) is 6.60. The second kappa shape index (κ2) is 6.60. The molecule has 2 fully saturated rings. The van der Waals surface area contributed by atoms with Crippen LogP contribution in [0.15, 0.2) is 16.1 Å². The van der Waals surface area contributed by atoms with Crippen LogP contribution in [-0.4, -0.2) is 45.1 Å². The van der Waals surface area contributed by atoms with Crippen molar-refractivity contribution in [2.45, 2.75) is 50.5 Å². The Kier molecular flexibility index (Phi) is 4.32. The number of anilines is 1. The van der Waals surface area contributed by atoms with Gasteiger partial charge in [0.2, 0.25) is 11.8 Å². The van der Waals surface area contributed by atoms with Crippen LogP contribution in [-0.2, 0) is 4.79 Å². The van der Waals surface area contributed by atoms with E-state index in [4.69, 9.17) is 4.52 Å². The van der Waals surface area contributed by atoms with E-state index in [9.17, 15) is 4.79 Å². The lowest BCUT2D eigenvalue weighted by molar-refractivity contribution is -0.121. The van der Waals surface area contributed by atoms with Gasteiger partial charge in [0.05, 0.1) is 6.04 Å². The predicted molar refractivity (Wildman–Crippen MR) is 90.0 cm³/mol. The van der Waals surface area contributed by atoms with E-state index in [1.54, 1.807) is 6.20 Å². The summed E-state index contributed by atoms with van der Waals surface area (Å²) >= 11 is 1.43. The molecule has 1 N–H and O–H groups in total. The van der Waals surface area contributed by atoms with E-state index in [-0.39, 0.29) is 17.9 Å². The van der Waals surface area contributed by atoms with Crippen LogP contribution >= 0.6 is 11.3 Å². The van der Waals surface area contributed by atoms with Gasteiger partial charge in [-0.15, -0.1) is 11.3 Å². The van der Waals surface area contributed by atoms with Crippen LogP contribution in [0.25, 0.3) is 0 Å². The summed E-state index contributed by atoms with van der Waals surface area (Å²) in [6.45, 7) is 3.64. The van der Waals surface area contributed by atoms with Crippen LogP contribution in [0.5, 0.6) is 0 Å². The summed E-state index contributed by atoms with van der Waals surface area (Å²) in [5, 5.41) is 9.55. The van der Waals surface area contributed by atoms with Crippen molar-refractivity contribution in [3.05, 3.63) is 23.3 Å². The number of likely N-dealkylation sites (tertiary alicyclic amines) is 1. The maximum absolute atomic E-state index is 12.4. The lowest BCUT2D eigenvalue weighted by Crippen LogP contribution is -2.46. The SMILES string of the molecule is C[C@H](C(=O)Nc1nccs1)N1CCC[C@@H](c2noc(C3CC3)n2)C1. The van der Waals surface area contributed by atoms with Crippen LogP contribution in [0, 0.1) is 0 Å². The largest absolute Gasteiger partial charge is 0.339 e. The molecule has 128 valence electrons.